The Kier molecular flexibility index (Phi) is 8.07. The van der Waals surface area contributed by atoms with Gasteiger partial charge in [0, 0.05) is 22.7 Å². The summed E-state index contributed by atoms with van der Waals surface area (Å²) >= 11 is 11.7. The molecule has 0 spiro atoms. The first-order valence-electron chi connectivity index (χ1n) is 8.61. The summed E-state index contributed by atoms with van der Waals surface area (Å²) in [6.45, 7) is 3.28. The van der Waals surface area contributed by atoms with Gasteiger partial charge >= 0.3 is 6.18 Å². The zero-order valence-corrected chi connectivity index (χ0v) is 17.7. The van der Waals surface area contributed by atoms with Gasteiger partial charge in [-0.3, -0.25) is 10.0 Å². The summed E-state index contributed by atoms with van der Waals surface area (Å²) in [5.74, 6) is -2.19. The van der Waals surface area contributed by atoms with Crippen LogP contribution in [0.2, 0.25) is 10.0 Å². The molecule has 0 aliphatic carbocycles. The van der Waals surface area contributed by atoms with Gasteiger partial charge in [0.15, 0.2) is 5.84 Å². The monoisotopic (exact) mass is 471 g/mol. The molecule has 164 valence electrons. The highest BCUT2D eigenvalue weighted by Crippen LogP contribution is 2.38. The molecule has 11 heteroatoms. The molecule has 2 aromatic carbocycles. The van der Waals surface area contributed by atoms with Crippen molar-refractivity contribution in [3.8, 4) is 0 Å². The van der Waals surface area contributed by atoms with Gasteiger partial charge in [0.25, 0.3) is 0 Å². The molecule has 1 atom stereocenters. The molecule has 0 saturated carbocycles. The highest BCUT2D eigenvalue weighted by Gasteiger charge is 2.39. The second kappa shape index (κ2) is 10.3. The van der Waals surface area contributed by atoms with Crippen LogP contribution in [0.15, 0.2) is 57.7 Å². The highest BCUT2D eigenvalue weighted by atomic mass is 35.5. The van der Waals surface area contributed by atoms with E-state index < -0.39 is 12.1 Å². The van der Waals surface area contributed by atoms with Gasteiger partial charge in [0.1, 0.15) is 6.34 Å². The summed E-state index contributed by atoms with van der Waals surface area (Å²) in [7, 11) is 1.59. The number of hydrogen-bond acceptors (Lipinski definition) is 4. The fourth-order valence-corrected chi connectivity index (χ4v) is 3.29. The van der Waals surface area contributed by atoms with Gasteiger partial charge in [0.2, 0.25) is 0 Å². The molecule has 3 N–H and O–H groups in total. The number of oxime groups is 1. The summed E-state index contributed by atoms with van der Waals surface area (Å²) in [4.78, 5) is 3.50. The van der Waals surface area contributed by atoms with Crippen LogP contribution in [0.5, 0.6) is 0 Å². The van der Waals surface area contributed by atoms with E-state index in [4.69, 9.17) is 34.1 Å². The number of halogens is 5. The van der Waals surface area contributed by atoms with Gasteiger partial charge in [-0.15, -0.1) is 0 Å². The molecule has 0 radical (unpaired) electrons. The van der Waals surface area contributed by atoms with Crippen LogP contribution < -0.4 is 10.7 Å². The van der Waals surface area contributed by atoms with Crippen molar-refractivity contribution >= 4 is 53.9 Å². The van der Waals surface area contributed by atoms with E-state index in [0.29, 0.717) is 11.3 Å². The van der Waals surface area contributed by atoms with Crippen LogP contribution in [0.1, 0.15) is 22.6 Å². The van der Waals surface area contributed by atoms with E-state index in [1.807, 2.05) is 0 Å². The molecule has 0 aromatic heterocycles. The van der Waals surface area contributed by atoms with Crippen molar-refractivity contribution in [2.45, 2.75) is 12.1 Å². The lowest BCUT2D eigenvalue weighted by molar-refractivity contribution is -0.139. The normalized spacial score (nSPS) is 13.7. The fraction of sp³-hybridized carbons (Fsp3) is 0.150. The SMILES string of the molecule is C=N/C=N\N(C)c1ccc(/C=C/C(c2cc(Cl)cc(Cl)c2)C(F)(F)F)cc1/C(N)=N/O. The maximum absolute atomic E-state index is 13.7. The van der Waals surface area contributed by atoms with Crippen LogP contribution in [-0.4, -0.2) is 37.3 Å². The van der Waals surface area contributed by atoms with Crippen molar-refractivity contribution in [2.75, 3.05) is 12.1 Å². The molecule has 0 aliphatic heterocycles. The summed E-state index contributed by atoms with van der Waals surface area (Å²) in [5, 5.41) is 17.6. The third-order valence-electron chi connectivity index (χ3n) is 4.14. The molecular formula is C20H18Cl2F3N5O. The lowest BCUT2D eigenvalue weighted by Crippen LogP contribution is -2.20. The Morgan fingerprint density at radius 3 is 2.39 bits per heavy atom. The zero-order valence-electron chi connectivity index (χ0n) is 16.2. The molecule has 2 aromatic rings. The molecule has 6 nitrogen and oxygen atoms in total. The van der Waals surface area contributed by atoms with E-state index in [0.717, 1.165) is 6.08 Å². The Hall–Kier alpha value is -3.04. The average Bonchev–Trinajstić information content (AvgIpc) is 2.69. The molecular weight excluding hydrogens is 454 g/mol. The Balaban J connectivity index is 2.49. The van der Waals surface area contributed by atoms with Crippen molar-refractivity contribution < 1.29 is 18.4 Å². The lowest BCUT2D eigenvalue weighted by atomic mass is 9.96. The number of rotatable bonds is 7. The van der Waals surface area contributed by atoms with E-state index >= 15 is 0 Å². The Labute approximate surface area is 186 Å². The smallest absolute Gasteiger partial charge is 0.399 e. The average molecular weight is 472 g/mol. The second-order valence-corrected chi connectivity index (χ2v) is 7.15. The first-order valence-corrected chi connectivity index (χ1v) is 9.37. The molecule has 0 aliphatic rings. The number of nitrogens with two attached hydrogens (primary N) is 1. The summed E-state index contributed by atoms with van der Waals surface area (Å²) in [6, 6.07) is 8.36. The number of allylic oxidation sites excluding steroid dienone is 1. The standard InChI is InChI=1S/C20H18Cl2F3N5O/c1-27-11-28-30(2)18-6-4-12(7-16(18)19(26)29-31)3-5-17(20(23,24)25)13-8-14(21)10-15(22)9-13/h3-11,17,31H,1H2,2H3,(H2,26,29)/b5-3+,28-11-. The van der Waals surface area contributed by atoms with Crippen LogP contribution in [0.4, 0.5) is 18.9 Å². The van der Waals surface area contributed by atoms with E-state index in [1.165, 1.54) is 41.7 Å². The van der Waals surface area contributed by atoms with Crippen molar-refractivity contribution in [2.24, 2.45) is 21.0 Å². The van der Waals surface area contributed by atoms with E-state index in [9.17, 15) is 13.2 Å². The summed E-state index contributed by atoms with van der Waals surface area (Å²) in [5.41, 5.74) is 6.70. The van der Waals surface area contributed by atoms with Crippen LogP contribution in [0.25, 0.3) is 6.08 Å². The molecule has 0 bridgehead atoms. The van der Waals surface area contributed by atoms with Gasteiger partial charge in [-0.2, -0.15) is 18.3 Å². The topological polar surface area (TPSA) is 86.6 Å². The fourth-order valence-electron chi connectivity index (χ4n) is 2.75. The van der Waals surface area contributed by atoms with Crippen LogP contribution in [-0.2, 0) is 0 Å². The number of aliphatic imine (C=N–C) groups is 1. The minimum Gasteiger partial charge on any atom is -0.409 e. The highest BCUT2D eigenvalue weighted by molar-refractivity contribution is 6.34. The van der Waals surface area contributed by atoms with Gasteiger partial charge in [-0.05, 0) is 48.2 Å². The van der Waals surface area contributed by atoms with Crippen molar-refractivity contribution in [3.05, 3.63) is 69.2 Å². The van der Waals surface area contributed by atoms with E-state index in [1.54, 1.807) is 19.2 Å². The van der Waals surface area contributed by atoms with E-state index in [-0.39, 0.29) is 27.0 Å². The molecule has 0 heterocycles. The predicted octanol–water partition coefficient (Wildman–Crippen LogP) is 5.53. The third kappa shape index (κ3) is 6.47. The number of anilines is 1. The van der Waals surface area contributed by atoms with Crippen LogP contribution in [0.3, 0.4) is 0 Å². The molecule has 0 fully saturated rings. The van der Waals surface area contributed by atoms with Crippen molar-refractivity contribution in [1.29, 1.82) is 0 Å². The zero-order chi connectivity index (χ0) is 23.2. The van der Waals surface area contributed by atoms with Crippen molar-refractivity contribution in [3.63, 3.8) is 0 Å². The minimum absolute atomic E-state index is 0.0967. The minimum atomic E-state index is -4.58. The maximum atomic E-state index is 13.7. The van der Waals surface area contributed by atoms with Gasteiger partial charge in [-0.1, -0.05) is 46.6 Å². The second-order valence-electron chi connectivity index (χ2n) is 6.28. The van der Waals surface area contributed by atoms with Gasteiger partial charge < -0.3 is 10.9 Å². The Bertz CT molecular complexity index is 1020. The molecule has 1 unspecified atom stereocenters. The van der Waals surface area contributed by atoms with E-state index in [2.05, 4.69) is 22.0 Å². The Morgan fingerprint density at radius 2 is 1.84 bits per heavy atom. The number of amidine groups is 1. The first kappa shape index (κ1) is 24.2. The van der Waals surface area contributed by atoms with Crippen LogP contribution >= 0.6 is 23.2 Å². The molecule has 2 rings (SSSR count). The predicted molar refractivity (Wildman–Crippen MR) is 120 cm³/mol. The van der Waals surface area contributed by atoms with Crippen LogP contribution in [0, 0.1) is 0 Å². The van der Waals surface area contributed by atoms with Gasteiger partial charge in [-0.25, -0.2) is 0 Å². The molecule has 0 amide bonds. The Morgan fingerprint density at radius 1 is 1.19 bits per heavy atom. The maximum Gasteiger partial charge on any atom is 0.399 e. The van der Waals surface area contributed by atoms with Gasteiger partial charge in [0.05, 0.1) is 11.6 Å². The quantitative estimate of drug-likeness (QED) is 0.241. The number of benzene rings is 2. The largest absolute Gasteiger partial charge is 0.409 e. The molecule has 0 saturated heterocycles. The number of hydrogen-bond donors (Lipinski definition) is 2. The number of alkyl halides is 3. The molecule has 31 heavy (non-hydrogen) atoms. The number of nitrogens with zero attached hydrogens (tertiary/aromatic N) is 4. The lowest BCUT2D eigenvalue weighted by Gasteiger charge is -2.19. The van der Waals surface area contributed by atoms with Crippen molar-refractivity contribution in [1.82, 2.24) is 0 Å². The number of hydrazone groups is 1. The third-order valence-corrected chi connectivity index (χ3v) is 4.57. The summed E-state index contributed by atoms with van der Waals surface area (Å²) in [6.07, 6.45) is -1.13. The summed E-state index contributed by atoms with van der Waals surface area (Å²) < 4.78 is 41.0. The first-order chi connectivity index (χ1) is 14.6.